The van der Waals surface area contributed by atoms with Crippen molar-refractivity contribution in [3.63, 3.8) is 0 Å². The third-order valence-electron chi connectivity index (χ3n) is 12.4. The Morgan fingerprint density at radius 1 is 0.597 bits per heavy atom. The van der Waals surface area contributed by atoms with E-state index in [1.54, 1.807) is 55.5 Å². The average molecular weight is 956 g/mol. The number of benzene rings is 5. The second kappa shape index (κ2) is 26.4. The summed E-state index contributed by atoms with van der Waals surface area (Å²) in [5.74, 6) is -0.564. The quantitative estimate of drug-likeness (QED) is 0.0201. The fourth-order valence-electron chi connectivity index (χ4n) is 8.75. The molecule has 5 rings (SSSR count). The van der Waals surface area contributed by atoms with Gasteiger partial charge < -0.3 is 15.1 Å². The molecule has 1 amide bonds. The number of nitrogens with one attached hydrogen (secondary N) is 2. The highest BCUT2D eigenvalue weighted by molar-refractivity contribution is 7.92. The summed E-state index contributed by atoms with van der Waals surface area (Å²) in [6.07, 6.45) is 24.6. The Morgan fingerprint density at radius 3 is 1.69 bits per heavy atom. The SMILES string of the molecule is CCCCCCCCCCCCN(CCCCCCCCCCCC)C(=O)c1c(C)c(NS(=O)(=O)c2cccc(N=Nc3ccc(O)c4cccc(NS(C)(=O)=O)c34)c2)c2ccccc2c1O. The molecule has 67 heavy (non-hydrogen) atoms. The molecule has 5 aromatic carbocycles. The van der Waals surface area contributed by atoms with Crippen molar-refractivity contribution in [3.8, 4) is 11.5 Å². The number of rotatable bonds is 30. The molecule has 0 radical (unpaired) electrons. The van der Waals surface area contributed by atoms with Crippen LogP contribution in [0.3, 0.4) is 0 Å². The van der Waals surface area contributed by atoms with E-state index < -0.39 is 20.0 Å². The third kappa shape index (κ3) is 15.7. The number of anilines is 2. The number of phenols is 2. The first-order valence-corrected chi connectivity index (χ1v) is 27.9. The average Bonchev–Trinajstić information content (AvgIpc) is 3.30. The number of aromatic hydroxyl groups is 2. The van der Waals surface area contributed by atoms with Gasteiger partial charge in [0.05, 0.1) is 39.5 Å². The summed E-state index contributed by atoms with van der Waals surface area (Å²) in [6.45, 7) is 7.25. The number of amides is 1. The first-order chi connectivity index (χ1) is 32.3. The molecule has 0 bridgehead atoms. The van der Waals surface area contributed by atoms with E-state index in [-0.39, 0.29) is 50.6 Å². The van der Waals surface area contributed by atoms with Crippen LogP contribution in [0.1, 0.15) is 158 Å². The van der Waals surface area contributed by atoms with Crippen LogP contribution < -0.4 is 9.44 Å². The number of phenolic OH excluding ortho intramolecular Hbond substituents is 2. The van der Waals surface area contributed by atoms with E-state index in [9.17, 15) is 31.8 Å². The summed E-state index contributed by atoms with van der Waals surface area (Å²) in [5.41, 5.74) is 1.24. The van der Waals surface area contributed by atoms with Crippen molar-refractivity contribution in [1.82, 2.24) is 4.90 Å². The lowest BCUT2D eigenvalue weighted by Crippen LogP contribution is -2.34. The Balaban J connectivity index is 1.38. The summed E-state index contributed by atoms with van der Waals surface area (Å²) >= 11 is 0. The van der Waals surface area contributed by atoms with Gasteiger partial charge in [-0.25, -0.2) is 16.8 Å². The lowest BCUT2D eigenvalue weighted by molar-refractivity contribution is 0.0745. The van der Waals surface area contributed by atoms with Gasteiger partial charge in [0.25, 0.3) is 15.9 Å². The van der Waals surface area contributed by atoms with Crippen molar-refractivity contribution < 1.29 is 31.8 Å². The Bertz CT molecular complexity index is 2630. The largest absolute Gasteiger partial charge is 0.507 e. The summed E-state index contributed by atoms with van der Waals surface area (Å²) in [5, 5.41) is 32.5. The van der Waals surface area contributed by atoms with Crippen LogP contribution in [-0.4, -0.2) is 57.2 Å². The van der Waals surface area contributed by atoms with Gasteiger partial charge in [-0.05, 0) is 61.7 Å². The number of hydrogen-bond donors (Lipinski definition) is 4. The molecular formula is C53H73N5O7S2. The number of nitrogens with zero attached hydrogens (tertiary/aromatic N) is 3. The van der Waals surface area contributed by atoms with Crippen LogP contribution in [0.5, 0.6) is 11.5 Å². The molecule has 0 saturated heterocycles. The Labute approximate surface area is 399 Å². The van der Waals surface area contributed by atoms with Gasteiger partial charge in [-0.1, -0.05) is 172 Å². The minimum absolute atomic E-state index is 0.0805. The van der Waals surface area contributed by atoms with Crippen molar-refractivity contribution in [1.29, 1.82) is 0 Å². The molecule has 0 aromatic heterocycles. The zero-order valence-electron chi connectivity index (χ0n) is 40.2. The van der Waals surface area contributed by atoms with Crippen LogP contribution in [0, 0.1) is 6.92 Å². The topological polar surface area (TPSA) is 178 Å². The number of azo groups is 1. The number of carbonyl (C=O) groups excluding carboxylic acids is 1. The molecule has 0 fully saturated rings. The number of fused-ring (bicyclic) bond motifs is 2. The van der Waals surface area contributed by atoms with E-state index >= 15 is 0 Å². The van der Waals surface area contributed by atoms with Gasteiger partial charge in [0.1, 0.15) is 11.5 Å². The van der Waals surface area contributed by atoms with Crippen LogP contribution >= 0.6 is 0 Å². The fourth-order valence-corrected chi connectivity index (χ4v) is 10.5. The van der Waals surface area contributed by atoms with Gasteiger partial charge >= 0.3 is 0 Å². The first-order valence-electron chi connectivity index (χ1n) is 24.6. The molecule has 364 valence electrons. The van der Waals surface area contributed by atoms with Crippen molar-refractivity contribution in [2.24, 2.45) is 10.2 Å². The Kier molecular flexibility index (Phi) is 20.8. The van der Waals surface area contributed by atoms with Crippen molar-refractivity contribution in [2.75, 3.05) is 28.8 Å². The standard InChI is InChI=1S/C53H73N5O7S2/c1-5-7-9-11-13-15-17-19-21-25-37-58(38-26-22-20-18-16-14-12-10-8-6-2)53(61)49-40(3)51(43-31-23-24-32-44(43)52(49)60)57-67(64,65)42-30-27-29-41(39-42)54-55-46-35-36-48(59)45-33-28-34-47(50(45)46)56-66(4,62)63/h23-24,27-36,39,56-57,59-60H,5-22,25-26,37-38H2,1-4H3. The monoisotopic (exact) mass is 955 g/mol. The van der Waals surface area contributed by atoms with E-state index in [0.717, 1.165) is 44.8 Å². The molecule has 0 aliphatic carbocycles. The summed E-state index contributed by atoms with van der Waals surface area (Å²) in [7, 11) is -7.99. The molecule has 0 unspecified atom stereocenters. The zero-order chi connectivity index (χ0) is 48.2. The van der Waals surface area contributed by atoms with Crippen LogP contribution in [-0.2, 0) is 20.0 Å². The predicted molar refractivity (Wildman–Crippen MR) is 275 cm³/mol. The van der Waals surface area contributed by atoms with Crippen LogP contribution in [0.15, 0.2) is 94.0 Å². The van der Waals surface area contributed by atoms with E-state index in [1.807, 2.05) is 4.90 Å². The van der Waals surface area contributed by atoms with E-state index in [0.29, 0.717) is 40.2 Å². The van der Waals surface area contributed by atoms with Gasteiger partial charge in [-0.15, -0.1) is 5.11 Å². The lowest BCUT2D eigenvalue weighted by Gasteiger charge is -2.26. The van der Waals surface area contributed by atoms with Gasteiger partial charge in [0.2, 0.25) is 10.0 Å². The van der Waals surface area contributed by atoms with E-state index in [2.05, 4.69) is 33.5 Å². The van der Waals surface area contributed by atoms with Crippen LogP contribution in [0.2, 0.25) is 0 Å². The molecular weight excluding hydrogens is 883 g/mol. The molecule has 5 aromatic rings. The van der Waals surface area contributed by atoms with Gasteiger partial charge in [-0.3, -0.25) is 14.2 Å². The van der Waals surface area contributed by atoms with Crippen LogP contribution in [0.25, 0.3) is 21.5 Å². The van der Waals surface area contributed by atoms with Gasteiger partial charge in [0, 0.05) is 34.6 Å². The highest BCUT2D eigenvalue weighted by Crippen LogP contribution is 2.41. The normalized spacial score (nSPS) is 12.1. The second-order valence-electron chi connectivity index (χ2n) is 17.9. The van der Waals surface area contributed by atoms with E-state index in [1.165, 1.54) is 120 Å². The molecule has 14 heteroatoms. The third-order valence-corrected chi connectivity index (χ3v) is 14.4. The molecule has 0 atom stereocenters. The minimum atomic E-state index is -4.31. The fraction of sp³-hybridized carbons (Fsp3) is 0.491. The number of hydrogen-bond acceptors (Lipinski definition) is 9. The van der Waals surface area contributed by atoms with Crippen LogP contribution in [0.4, 0.5) is 22.7 Å². The van der Waals surface area contributed by atoms with Crippen molar-refractivity contribution in [2.45, 2.75) is 154 Å². The maximum atomic E-state index is 14.7. The highest BCUT2D eigenvalue weighted by atomic mass is 32.2. The minimum Gasteiger partial charge on any atom is -0.507 e. The molecule has 0 saturated carbocycles. The summed E-state index contributed by atoms with van der Waals surface area (Å²) in [6, 6.07) is 20.5. The molecule has 4 N–H and O–H groups in total. The van der Waals surface area contributed by atoms with E-state index in [4.69, 9.17) is 0 Å². The maximum absolute atomic E-state index is 14.7. The smallest absolute Gasteiger partial charge is 0.261 e. The number of carbonyl (C=O) groups is 1. The molecule has 0 aliphatic rings. The maximum Gasteiger partial charge on any atom is 0.261 e. The summed E-state index contributed by atoms with van der Waals surface area (Å²) in [4.78, 5) is 16.5. The predicted octanol–water partition coefficient (Wildman–Crippen LogP) is 14.6. The van der Waals surface area contributed by atoms with Gasteiger partial charge in [-0.2, -0.15) is 5.11 Å². The Morgan fingerprint density at radius 2 is 1.12 bits per heavy atom. The molecule has 0 heterocycles. The molecule has 0 spiro atoms. The second-order valence-corrected chi connectivity index (χ2v) is 21.4. The lowest BCUT2D eigenvalue weighted by atomic mass is 9.96. The number of unbranched alkanes of at least 4 members (excludes halogenated alkanes) is 18. The highest BCUT2D eigenvalue weighted by Gasteiger charge is 2.28. The Hall–Kier alpha value is -5.21. The van der Waals surface area contributed by atoms with Gasteiger partial charge in [0.15, 0.2) is 0 Å². The first kappa shape index (κ1) is 52.8. The van der Waals surface area contributed by atoms with Crippen molar-refractivity contribution >= 4 is 70.2 Å². The summed E-state index contributed by atoms with van der Waals surface area (Å²) < 4.78 is 58.2. The van der Waals surface area contributed by atoms with Crippen molar-refractivity contribution in [3.05, 3.63) is 90.0 Å². The molecule has 0 aliphatic heterocycles. The number of sulfonamides is 2. The zero-order valence-corrected chi connectivity index (χ0v) is 41.8. The molecule has 12 nitrogen and oxygen atoms in total.